The molecule has 3 rings (SSSR count). The number of nitrogens with one attached hydrogen (secondary N) is 2. The molecule has 2 N–H and O–H groups in total. The van der Waals surface area contributed by atoms with Crippen LogP contribution < -0.4 is 10.6 Å². The summed E-state index contributed by atoms with van der Waals surface area (Å²) in [5, 5.41) is 23.9. The zero-order valence-corrected chi connectivity index (χ0v) is 15.3. The van der Waals surface area contributed by atoms with Crippen molar-refractivity contribution in [3.63, 3.8) is 0 Å². The maximum absolute atomic E-state index is 8.97. The maximum atomic E-state index is 8.97. The molecule has 0 atom stereocenters. The van der Waals surface area contributed by atoms with Crippen molar-refractivity contribution in [2.24, 2.45) is 0 Å². The third kappa shape index (κ3) is 4.51. The Labute approximate surface area is 169 Å². The summed E-state index contributed by atoms with van der Waals surface area (Å²) in [6.45, 7) is 3.69. The maximum Gasteiger partial charge on any atom is 0.229 e. The highest BCUT2D eigenvalue weighted by Gasteiger charge is 2.07. The van der Waals surface area contributed by atoms with Crippen LogP contribution in [0, 0.1) is 36.5 Å². The number of rotatable bonds is 5. The highest BCUT2D eigenvalue weighted by Crippen LogP contribution is 2.26. The number of allylic oxidation sites excluding steroid dienone is 1. The van der Waals surface area contributed by atoms with Crippen LogP contribution in [0.3, 0.4) is 0 Å². The Morgan fingerprint density at radius 3 is 2.46 bits per heavy atom. The van der Waals surface area contributed by atoms with Crippen molar-refractivity contribution in [3.05, 3.63) is 76.9 Å². The number of nitriles is 2. The van der Waals surface area contributed by atoms with Gasteiger partial charge < -0.3 is 10.6 Å². The quantitative estimate of drug-likeness (QED) is 0.614. The number of benzene rings is 2. The summed E-state index contributed by atoms with van der Waals surface area (Å²) < 4.78 is 31.6. The van der Waals surface area contributed by atoms with Crippen LogP contribution in [0.25, 0.3) is 6.05 Å². The summed E-state index contributed by atoms with van der Waals surface area (Å²) in [5.74, 6) is 0.644. The van der Waals surface area contributed by atoms with Crippen LogP contribution in [-0.2, 0) is 0 Å². The number of anilines is 4. The number of aromatic nitrogens is 2. The lowest BCUT2D eigenvalue weighted by molar-refractivity contribution is 1.16. The van der Waals surface area contributed by atoms with Gasteiger partial charge in [0, 0.05) is 23.6 Å². The Hall–Kier alpha value is -4.16. The van der Waals surface area contributed by atoms with Crippen LogP contribution in [0.2, 0.25) is 0 Å². The molecular formula is C22H18N6. The summed E-state index contributed by atoms with van der Waals surface area (Å²) >= 11 is 0. The van der Waals surface area contributed by atoms with Gasteiger partial charge in [0.2, 0.25) is 5.95 Å². The van der Waals surface area contributed by atoms with Crippen LogP contribution in [0.15, 0.2) is 54.7 Å². The molecular weight excluding hydrogens is 348 g/mol. The molecule has 0 aliphatic rings. The molecule has 0 spiro atoms. The molecule has 136 valence electrons. The first-order valence-electron chi connectivity index (χ1n) is 10.3. The highest BCUT2D eigenvalue weighted by molar-refractivity contribution is 5.69. The van der Waals surface area contributed by atoms with Gasteiger partial charge in [-0.1, -0.05) is 0 Å². The first kappa shape index (κ1) is 14.0. The number of hydrogen-bond acceptors (Lipinski definition) is 6. The highest BCUT2D eigenvalue weighted by atomic mass is 15.1. The van der Waals surface area contributed by atoms with Crippen molar-refractivity contribution < 1.29 is 5.48 Å². The van der Waals surface area contributed by atoms with E-state index in [4.69, 9.17) is 16.0 Å². The van der Waals surface area contributed by atoms with Crippen molar-refractivity contribution in [2.75, 3.05) is 10.6 Å². The van der Waals surface area contributed by atoms with Gasteiger partial charge in [0.05, 0.1) is 23.2 Å². The summed E-state index contributed by atoms with van der Waals surface area (Å²) in [6.07, 6.45) is 1.53. The summed E-state index contributed by atoms with van der Waals surface area (Å²) in [5.41, 5.74) is 3.27. The number of hydrogen-bond donors (Lipinski definition) is 2. The minimum atomic E-state index is -0.402. The van der Waals surface area contributed by atoms with Gasteiger partial charge in [0.15, 0.2) is 0 Å². The van der Waals surface area contributed by atoms with Gasteiger partial charge in [0.1, 0.15) is 5.82 Å². The van der Waals surface area contributed by atoms with E-state index in [0.29, 0.717) is 11.4 Å². The molecule has 0 bridgehead atoms. The largest absolute Gasteiger partial charge is 0.340 e. The van der Waals surface area contributed by atoms with Gasteiger partial charge in [-0.25, -0.2) is 4.98 Å². The standard InChI is InChI=1S/C22H18N6/c1-15-12-18(4-3-10-23)13-16(2)21(15)27-20-9-11-25-22(28-20)26-19-7-5-17(14-24)6-8-19/h3-9,11-13H,1-2H3,(H2,25,26,27,28)/b4-3+/i3D,4D,7D,8D. The molecule has 0 amide bonds. The van der Waals surface area contributed by atoms with Crippen LogP contribution in [0.5, 0.6) is 0 Å². The van der Waals surface area contributed by atoms with E-state index in [2.05, 4.69) is 20.6 Å². The molecule has 0 aliphatic heterocycles. The Morgan fingerprint density at radius 2 is 1.82 bits per heavy atom. The monoisotopic (exact) mass is 370 g/mol. The van der Waals surface area contributed by atoms with E-state index in [-0.39, 0.29) is 35.3 Å². The molecule has 0 aliphatic carbocycles. The first-order valence-corrected chi connectivity index (χ1v) is 8.31. The minimum Gasteiger partial charge on any atom is -0.340 e. The lowest BCUT2D eigenvalue weighted by Crippen LogP contribution is -2.02. The van der Waals surface area contributed by atoms with E-state index in [1.807, 2.05) is 19.9 Å². The second kappa shape index (κ2) is 8.48. The van der Waals surface area contributed by atoms with Crippen LogP contribution in [0.4, 0.5) is 23.1 Å². The SMILES string of the molecule is [2H]/C(C#N)=C(/[2H])c1cc(C)c(Nc2ccnc(Nc3c([2H])cc(C#N)cc3[2H])n2)c(C)c1. The Balaban J connectivity index is 1.89. The zero-order chi connectivity index (χ0) is 23.4. The molecule has 6 nitrogen and oxygen atoms in total. The van der Waals surface area contributed by atoms with E-state index < -0.39 is 6.05 Å². The van der Waals surface area contributed by atoms with Crippen molar-refractivity contribution in [2.45, 2.75) is 13.8 Å². The Morgan fingerprint density at radius 1 is 1.11 bits per heavy atom. The van der Waals surface area contributed by atoms with E-state index in [1.54, 1.807) is 24.3 Å². The second-order valence-corrected chi connectivity index (χ2v) is 5.88. The van der Waals surface area contributed by atoms with E-state index in [1.165, 1.54) is 18.3 Å². The lowest BCUT2D eigenvalue weighted by Gasteiger charge is -2.14. The molecule has 28 heavy (non-hydrogen) atoms. The van der Waals surface area contributed by atoms with Crippen LogP contribution in [0.1, 0.15) is 27.7 Å². The number of nitrogens with zero attached hydrogens (tertiary/aromatic N) is 4. The van der Waals surface area contributed by atoms with Gasteiger partial charge >= 0.3 is 0 Å². The summed E-state index contributed by atoms with van der Waals surface area (Å²) in [6, 6.07) is 10.9. The summed E-state index contributed by atoms with van der Waals surface area (Å²) in [7, 11) is 0. The minimum absolute atomic E-state index is 0.0105. The molecule has 0 saturated carbocycles. The molecule has 0 fully saturated rings. The van der Waals surface area contributed by atoms with Crippen molar-refractivity contribution in [1.82, 2.24) is 9.97 Å². The zero-order valence-electron chi connectivity index (χ0n) is 19.3. The molecule has 0 saturated heterocycles. The molecule has 2 aromatic carbocycles. The van der Waals surface area contributed by atoms with E-state index in [0.717, 1.165) is 16.8 Å². The molecule has 1 aromatic heterocycles. The third-order valence-corrected chi connectivity index (χ3v) is 3.81. The normalized spacial score (nSPS) is 13.0. The van der Waals surface area contributed by atoms with Gasteiger partial charge in [0.25, 0.3) is 0 Å². The first-order chi connectivity index (χ1) is 15.2. The summed E-state index contributed by atoms with van der Waals surface area (Å²) in [4.78, 5) is 8.52. The Bertz CT molecular complexity index is 1270. The molecule has 3 aromatic rings. The second-order valence-electron chi connectivity index (χ2n) is 5.88. The molecule has 1 heterocycles. The van der Waals surface area contributed by atoms with Gasteiger partial charge in [-0.15, -0.1) is 0 Å². The number of aryl methyl sites for hydroxylation is 2. The fraction of sp³-hybridized carbons (Fsp3) is 0.0909. The van der Waals surface area contributed by atoms with Crippen molar-refractivity contribution in [1.29, 1.82) is 10.5 Å². The lowest BCUT2D eigenvalue weighted by atomic mass is 10.0. The van der Waals surface area contributed by atoms with Crippen molar-refractivity contribution >= 4 is 29.2 Å². The smallest absolute Gasteiger partial charge is 0.229 e. The van der Waals surface area contributed by atoms with Crippen LogP contribution in [-0.4, -0.2) is 9.97 Å². The molecule has 0 radical (unpaired) electrons. The van der Waals surface area contributed by atoms with Crippen molar-refractivity contribution in [3.8, 4) is 12.1 Å². The van der Waals surface area contributed by atoms with Gasteiger partial charge in [-0.2, -0.15) is 15.5 Å². The average molecular weight is 370 g/mol. The molecule has 0 unspecified atom stereocenters. The van der Waals surface area contributed by atoms with Crippen LogP contribution >= 0.6 is 0 Å². The van der Waals surface area contributed by atoms with E-state index in [9.17, 15) is 0 Å². The topological polar surface area (TPSA) is 97.4 Å². The van der Waals surface area contributed by atoms with Gasteiger partial charge in [-0.3, -0.25) is 0 Å². The predicted molar refractivity (Wildman–Crippen MR) is 110 cm³/mol. The fourth-order valence-corrected chi connectivity index (χ4v) is 2.58. The third-order valence-electron chi connectivity index (χ3n) is 3.81. The Kier molecular flexibility index (Phi) is 4.23. The average Bonchev–Trinajstić information content (AvgIpc) is 2.77. The predicted octanol–water partition coefficient (Wildman–Crippen LogP) is 4.99. The fourth-order valence-electron chi connectivity index (χ4n) is 2.58. The molecule has 6 heteroatoms. The van der Waals surface area contributed by atoms with E-state index >= 15 is 0 Å². The van der Waals surface area contributed by atoms with Gasteiger partial charge in [-0.05, 0) is 79.0 Å².